The van der Waals surface area contributed by atoms with Crippen LogP contribution < -0.4 is 14.4 Å². The van der Waals surface area contributed by atoms with Crippen LogP contribution in [0.2, 0.25) is 10.0 Å². The van der Waals surface area contributed by atoms with Gasteiger partial charge in [-0.1, -0.05) is 48.3 Å². The Kier molecular flexibility index (Phi) is 10.6. The highest BCUT2D eigenvalue weighted by Gasteiger charge is 2.32. The molecule has 0 aliphatic carbocycles. The van der Waals surface area contributed by atoms with Gasteiger partial charge in [-0.15, -0.1) is 0 Å². The van der Waals surface area contributed by atoms with Crippen LogP contribution in [0.4, 0.5) is 5.69 Å². The van der Waals surface area contributed by atoms with Crippen molar-refractivity contribution in [1.82, 2.24) is 10.2 Å². The zero-order valence-corrected chi connectivity index (χ0v) is 24.3. The van der Waals surface area contributed by atoms with E-state index in [0.29, 0.717) is 27.9 Å². The molecule has 0 saturated heterocycles. The molecule has 0 heterocycles. The summed E-state index contributed by atoms with van der Waals surface area (Å²) in [4.78, 5) is 28.1. The molecule has 0 radical (unpaired) electrons. The predicted molar refractivity (Wildman–Crippen MR) is 154 cm³/mol. The van der Waals surface area contributed by atoms with E-state index in [-0.39, 0.29) is 23.0 Å². The van der Waals surface area contributed by atoms with E-state index in [9.17, 15) is 18.0 Å². The molecule has 0 spiro atoms. The molecule has 0 aliphatic rings. The standard InChI is InChI=1S/C28H31Cl2N3O5S/c1-4-17-31-28(35)20(2)32(18-21-7-5-6-8-26(21)30)27(34)19-33(23-11-9-22(29)10-12-23)39(36,37)25-15-13-24(38-3)14-16-25/h5-16,20H,4,17-19H2,1-3H3,(H,31,35). The number of methoxy groups -OCH3 is 1. The summed E-state index contributed by atoms with van der Waals surface area (Å²) in [7, 11) is -2.72. The molecule has 1 unspecified atom stereocenters. The van der Waals surface area contributed by atoms with E-state index < -0.39 is 28.5 Å². The molecule has 3 aromatic carbocycles. The highest BCUT2D eigenvalue weighted by atomic mass is 35.5. The molecule has 0 saturated carbocycles. The van der Waals surface area contributed by atoms with Crippen molar-refractivity contribution in [1.29, 1.82) is 0 Å². The molecule has 8 nitrogen and oxygen atoms in total. The Labute approximate surface area is 239 Å². The Hall–Kier alpha value is -3.27. The molecule has 3 rings (SSSR count). The number of benzene rings is 3. The Morgan fingerprint density at radius 3 is 2.21 bits per heavy atom. The lowest BCUT2D eigenvalue weighted by atomic mass is 10.1. The van der Waals surface area contributed by atoms with Gasteiger partial charge in [-0.05, 0) is 73.5 Å². The number of hydrogen-bond acceptors (Lipinski definition) is 5. The minimum absolute atomic E-state index is 0.0102. The van der Waals surface area contributed by atoms with E-state index in [1.54, 1.807) is 43.3 Å². The summed E-state index contributed by atoms with van der Waals surface area (Å²) in [5.74, 6) is -0.449. The highest BCUT2D eigenvalue weighted by Crippen LogP contribution is 2.27. The quantitative estimate of drug-likeness (QED) is 0.314. The van der Waals surface area contributed by atoms with Gasteiger partial charge in [-0.2, -0.15) is 0 Å². The molecular formula is C28H31Cl2N3O5S. The molecule has 3 aromatic rings. The maximum atomic E-state index is 13.9. The SMILES string of the molecule is CCCNC(=O)C(C)N(Cc1ccccc1Cl)C(=O)CN(c1ccc(Cl)cc1)S(=O)(=O)c1ccc(OC)cc1. The molecule has 11 heteroatoms. The number of ether oxygens (including phenoxy) is 1. The number of rotatable bonds is 12. The lowest BCUT2D eigenvalue weighted by Crippen LogP contribution is -2.51. The molecule has 0 fully saturated rings. The first-order chi connectivity index (χ1) is 18.6. The first kappa shape index (κ1) is 30.3. The lowest BCUT2D eigenvalue weighted by molar-refractivity contribution is -0.139. The van der Waals surface area contributed by atoms with Crippen molar-refractivity contribution < 1.29 is 22.7 Å². The number of carbonyl (C=O) groups excluding carboxylic acids is 2. The Balaban J connectivity index is 2.02. The van der Waals surface area contributed by atoms with Crippen LogP contribution in [0, 0.1) is 0 Å². The maximum absolute atomic E-state index is 13.9. The van der Waals surface area contributed by atoms with Gasteiger partial charge in [0, 0.05) is 23.1 Å². The molecule has 0 bridgehead atoms. The summed E-state index contributed by atoms with van der Waals surface area (Å²) >= 11 is 12.4. The fourth-order valence-corrected chi connectivity index (χ4v) is 5.54. The van der Waals surface area contributed by atoms with E-state index in [1.165, 1.54) is 48.4 Å². The van der Waals surface area contributed by atoms with Gasteiger partial charge in [0.05, 0.1) is 17.7 Å². The predicted octanol–water partition coefficient (Wildman–Crippen LogP) is 5.14. The Morgan fingerprint density at radius 2 is 1.62 bits per heavy atom. The van der Waals surface area contributed by atoms with Crippen molar-refractivity contribution in [3.8, 4) is 5.75 Å². The number of amides is 2. The van der Waals surface area contributed by atoms with E-state index in [0.717, 1.165) is 10.7 Å². The van der Waals surface area contributed by atoms with Gasteiger partial charge in [-0.3, -0.25) is 13.9 Å². The fourth-order valence-electron chi connectivity index (χ4n) is 3.80. The first-order valence-electron chi connectivity index (χ1n) is 12.3. The molecule has 0 aliphatic heterocycles. The number of halogens is 2. The minimum atomic E-state index is -4.20. The summed E-state index contributed by atoms with van der Waals surface area (Å²) in [6, 6.07) is 18.1. The van der Waals surface area contributed by atoms with Crippen LogP contribution >= 0.6 is 23.2 Å². The van der Waals surface area contributed by atoms with Crippen molar-refractivity contribution >= 4 is 50.7 Å². The van der Waals surface area contributed by atoms with Crippen molar-refractivity contribution in [2.75, 3.05) is 24.5 Å². The molecule has 1 atom stereocenters. The molecule has 1 N–H and O–H groups in total. The van der Waals surface area contributed by atoms with Gasteiger partial charge in [0.15, 0.2) is 0 Å². The summed E-state index contributed by atoms with van der Waals surface area (Å²) in [5, 5.41) is 3.64. The number of nitrogens with zero attached hydrogens (tertiary/aromatic N) is 2. The third-order valence-corrected chi connectivity index (χ3v) is 8.46. The average molecular weight is 593 g/mol. The van der Waals surface area contributed by atoms with Gasteiger partial charge in [0.25, 0.3) is 10.0 Å². The molecule has 39 heavy (non-hydrogen) atoms. The van der Waals surface area contributed by atoms with Crippen LogP contribution in [0.5, 0.6) is 5.75 Å². The van der Waals surface area contributed by atoms with Crippen molar-refractivity contribution in [2.45, 2.75) is 37.8 Å². The van der Waals surface area contributed by atoms with Gasteiger partial charge >= 0.3 is 0 Å². The highest BCUT2D eigenvalue weighted by molar-refractivity contribution is 7.92. The van der Waals surface area contributed by atoms with Crippen molar-refractivity contribution in [3.05, 3.63) is 88.4 Å². The van der Waals surface area contributed by atoms with Gasteiger partial charge in [0.2, 0.25) is 11.8 Å². The fraction of sp³-hybridized carbons (Fsp3) is 0.286. The minimum Gasteiger partial charge on any atom is -0.497 e. The second kappa shape index (κ2) is 13.7. The van der Waals surface area contributed by atoms with Crippen LogP contribution in [-0.2, 0) is 26.2 Å². The summed E-state index contributed by atoms with van der Waals surface area (Å²) in [6.07, 6.45) is 0.724. The van der Waals surface area contributed by atoms with Gasteiger partial charge in [0.1, 0.15) is 18.3 Å². The van der Waals surface area contributed by atoms with Crippen LogP contribution in [-0.4, -0.2) is 51.4 Å². The second-order valence-corrected chi connectivity index (χ2v) is 11.4. The van der Waals surface area contributed by atoms with Crippen LogP contribution in [0.25, 0.3) is 0 Å². The molecule has 2 amide bonds. The number of anilines is 1. The third kappa shape index (κ3) is 7.65. The Bertz CT molecular complexity index is 1380. The molecular weight excluding hydrogens is 561 g/mol. The van der Waals surface area contributed by atoms with E-state index in [2.05, 4.69) is 5.32 Å². The van der Waals surface area contributed by atoms with Crippen molar-refractivity contribution in [2.24, 2.45) is 0 Å². The number of nitrogens with one attached hydrogen (secondary N) is 1. The normalized spacial score (nSPS) is 11.9. The largest absolute Gasteiger partial charge is 0.497 e. The van der Waals surface area contributed by atoms with E-state index >= 15 is 0 Å². The summed E-state index contributed by atoms with van der Waals surface area (Å²) < 4.78 is 33.8. The number of carbonyl (C=O) groups is 2. The number of sulfonamides is 1. The average Bonchev–Trinajstić information content (AvgIpc) is 2.94. The molecule has 208 valence electrons. The Morgan fingerprint density at radius 1 is 0.974 bits per heavy atom. The third-order valence-electron chi connectivity index (χ3n) is 6.06. The number of hydrogen-bond donors (Lipinski definition) is 1. The zero-order chi connectivity index (χ0) is 28.6. The molecule has 0 aromatic heterocycles. The van der Waals surface area contributed by atoms with Crippen LogP contribution in [0.3, 0.4) is 0 Å². The smallest absolute Gasteiger partial charge is 0.264 e. The van der Waals surface area contributed by atoms with Crippen LogP contribution in [0.15, 0.2) is 77.7 Å². The van der Waals surface area contributed by atoms with E-state index in [1.807, 2.05) is 6.92 Å². The van der Waals surface area contributed by atoms with Crippen molar-refractivity contribution in [3.63, 3.8) is 0 Å². The monoisotopic (exact) mass is 591 g/mol. The van der Waals surface area contributed by atoms with E-state index in [4.69, 9.17) is 27.9 Å². The van der Waals surface area contributed by atoms with Gasteiger partial charge < -0.3 is 15.0 Å². The first-order valence-corrected chi connectivity index (χ1v) is 14.5. The maximum Gasteiger partial charge on any atom is 0.264 e. The zero-order valence-electron chi connectivity index (χ0n) is 21.9. The topological polar surface area (TPSA) is 96.0 Å². The summed E-state index contributed by atoms with van der Waals surface area (Å²) in [5.41, 5.74) is 0.864. The second-order valence-electron chi connectivity index (χ2n) is 8.74. The van der Waals surface area contributed by atoms with Crippen LogP contribution in [0.1, 0.15) is 25.8 Å². The lowest BCUT2D eigenvalue weighted by Gasteiger charge is -2.32. The van der Waals surface area contributed by atoms with Gasteiger partial charge in [-0.25, -0.2) is 8.42 Å². The summed E-state index contributed by atoms with van der Waals surface area (Å²) in [6.45, 7) is 3.41.